The Kier molecular flexibility index (Phi) is 9.66. The first-order valence-corrected chi connectivity index (χ1v) is 4.30. The number of aliphatic hydroxyl groups excluding tert-OH is 2. The molecule has 0 aromatic heterocycles. The Labute approximate surface area is 77.8 Å². The molecule has 4 N–H and O–H groups in total. The van der Waals surface area contributed by atoms with Crippen LogP contribution in [-0.4, -0.2) is 55.0 Å². The number of hydrogen-bond donors (Lipinski definition) is 3. The monoisotopic (exact) mass is 194 g/mol. The van der Waals surface area contributed by atoms with E-state index < -0.39 is 0 Å². The highest BCUT2D eigenvalue weighted by Gasteiger charge is 2.04. The minimum absolute atomic E-state index is 0.0678. The van der Waals surface area contributed by atoms with E-state index in [0.717, 1.165) is 6.42 Å². The fourth-order valence-electron chi connectivity index (χ4n) is 0.672. The molecule has 13 heavy (non-hydrogen) atoms. The van der Waals surface area contributed by atoms with Crippen LogP contribution >= 0.6 is 0 Å². The van der Waals surface area contributed by atoms with Crippen LogP contribution in [0.5, 0.6) is 0 Å². The zero-order valence-electron chi connectivity index (χ0n) is 7.69. The summed E-state index contributed by atoms with van der Waals surface area (Å²) in [4.78, 5) is 9.98. The molecule has 0 aliphatic carbocycles. The summed E-state index contributed by atoms with van der Waals surface area (Å²) in [6.45, 7) is 1.28. The van der Waals surface area contributed by atoms with Gasteiger partial charge < -0.3 is 15.9 Å². The van der Waals surface area contributed by atoms with Crippen molar-refractivity contribution in [1.29, 1.82) is 0 Å². The molecule has 0 aliphatic rings. The minimum atomic E-state index is -0.0678. The van der Waals surface area contributed by atoms with Crippen LogP contribution in [0.1, 0.15) is 6.42 Å². The summed E-state index contributed by atoms with van der Waals surface area (Å²) < 4.78 is 0. The zero-order chi connectivity index (χ0) is 9.94. The molecule has 0 aliphatic heterocycles. The number of hydrogen-bond acceptors (Lipinski definition) is 6. The Morgan fingerprint density at radius 2 is 1.62 bits per heavy atom. The van der Waals surface area contributed by atoms with Crippen LogP contribution in [0.15, 0.2) is 0 Å². The van der Waals surface area contributed by atoms with Gasteiger partial charge in [0.25, 0.3) is 0 Å². The topological polar surface area (TPSA) is 88.2 Å². The molecule has 0 aromatic rings. The summed E-state index contributed by atoms with van der Waals surface area (Å²) in [5.74, 6) is 0. The summed E-state index contributed by atoms with van der Waals surface area (Å²) >= 11 is 0. The Morgan fingerprint density at radius 1 is 1.08 bits per heavy atom. The predicted molar refractivity (Wildman–Crippen MR) is 46.5 cm³/mol. The lowest BCUT2D eigenvalue weighted by Gasteiger charge is -2.19. The van der Waals surface area contributed by atoms with Gasteiger partial charge in [0.15, 0.2) is 0 Å². The highest BCUT2D eigenvalue weighted by atomic mass is 16.9. The van der Waals surface area contributed by atoms with Gasteiger partial charge in [-0.15, -0.1) is 0 Å². The van der Waals surface area contributed by atoms with Crippen molar-refractivity contribution in [2.24, 2.45) is 5.73 Å². The van der Waals surface area contributed by atoms with Crippen molar-refractivity contribution in [2.45, 2.75) is 6.42 Å². The smallest absolute Gasteiger partial charge is 0.0942 e. The van der Waals surface area contributed by atoms with E-state index in [1.165, 1.54) is 5.23 Å². The molecule has 0 heterocycles. The Hall–Kier alpha value is -0.240. The third-order valence-electron chi connectivity index (χ3n) is 1.20. The van der Waals surface area contributed by atoms with E-state index in [2.05, 4.69) is 0 Å². The molecule has 80 valence electrons. The highest BCUT2D eigenvalue weighted by molar-refractivity contribution is 4.38. The van der Waals surface area contributed by atoms with E-state index in [-0.39, 0.29) is 26.4 Å². The number of aliphatic hydroxyl groups is 2. The minimum Gasteiger partial charge on any atom is -0.394 e. The van der Waals surface area contributed by atoms with Gasteiger partial charge in [-0.1, -0.05) is 5.23 Å². The van der Waals surface area contributed by atoms with Gasteiger partial charge in [-0.3, -0.25) is 9.68 Å². The highest BCUT2D eigenvalue weighted by Crippen LogP contribution is 1.93. The molecule has 0 spiro atoms. The van der Waals surface area contributed by atoms with E-state index in [0.29, 0.717) is 13.1 Å². The summed E-state index contributed by atoms with van der Waals surface area (Å²) in [6, 6.07) is 0. The largest absolute Gasteiger partial charge is 0.394 e. The second-order valence-corrected chi connectivity index (χ2v) is 2.31. The average Bonchev–Trinajstić information content (AvgIpc) is 2.17. The lowest BCUT2D eigenvalue weighted by molar-refractivity contribution is -0.371. The maximum Gasteiger partial charge on any atom is 0.0942 e. The predicted octanol–water partition coefficient (Wildman–Crippen LogP) is -1.51. The molecule has 0 atom stereocenters. The van der Waals surface area contributed by atoms with Gasteiger partial charge in [-0.05, 0) is 13.0 Å². The van der Waals surface area contributed by atoms with Crippen molar-refractivity contribution in [3.05, 3.63) is 0 Å². The Balaban J connectivity index is 3.47. The molecular formula is C7H18N2O4. The van der Waals surface area contributed by atoms with Gasteiger partial charge in [0.05, 0.1) is 33.0 Å². The maximum atomic E-state index is 8.48. The van der Waals surface area contributed by atoms with E-state index in [4.69, 9.17) is 25.6 Å². The molecule has 0 amide bonds. The third kappa shape index (κ3) is 8.10. The lowest BCUT2D eigenvalue weighted by Crippen LogP contribution is -2.29. The summed E-state index contributed by atoms with van der Waals surface area (Å²) in [7, 11) is 0. The fraction of sp³-hybridized carbons (Fsp3) is 1.00. The SMILES string of the molecule is NCCCN(OCCO)OCCO. The Morgan fingerprint density at radius 3 is 2.00 bits per heavy atom. The van der Waals surface area contributed by atoms with E-state index in [1.54, 1.807) is 0 Å². The van der Waals surface area contributed by atoms with Gasteiger partial charge in [-0.2, -0.15) is 0 Å². The standard InChI is InChI=1S/C7H18N2O4/c8-2-1-3-9(12-6-4-10)13-7-5-11/h10-11H,1-8H2. The fourth-order valence-corrected chi connectivity index (χ4v) is 0.672. The zero-order valence-corrected chi connectivity index (χ0v) is 7.69. The quantitative estimate of drug-likeness (QED) is 0.387. The first-order valence-electron chi connectivity index (χ1n) is 4.30. The van der Waals surface area contributed by atoms with Crippen molar-refractivity contribution in [3.8, 4) is 0 Å². The van der Waals surface area contributed by atoms with Crippen molar-refractivity contribution in [2.75, 3.05) is 39.5 Å². The second-order valence-electron chi connectivity index (χ2n) is 2.31. The molecule has 0 fully saturated rings. The van der Waals surface area contributed by atoms with Gasteiger partial charge in [0.2, 0.25) is 0 Å². The summed E-state index contributed by atoms with van der Waals surface area (Å²) in [5.41, 5.74) is 5.30. The first kappa shape index (κ1) is 12.8. The molecule has 0 unspecified atom stereocenters. The summed E-state index contributed by atoms with van der Waals surface area (Å²) in [5, 5.41) is 18.2. The van der Waals surface area contributed by atoms with Gasteiger partial charge >= 0.3 is 0 Å². The van der Waals surface area contributed by atoms with Crippen molar-refractivity contribution in [3.63, 3.8) is 0 Å². The number of rotatable bonds is 9. The second kappa shape index (κ2) is 9.85. The number of nitrogens with zero attached hydrogens (tertiary/aromatic N) is 1. The van der Waals surface area contributed by atoms with Crippen LogP contribution in [-0.2, 0) is 9.68 Å². The molecule has 0 radical (unpaired) electrons. The molecule has 6 heteroatoms. The average molecular weight is 194 g/mol. The van der Waals surface area contributed by atoms with Crippen LogP contribution < -0.4 is 5.73 Å². The molecule has 0 bridgehead atoms. The van der Waals surface area contributed by atoms with Gasteiger partial charge in [0, 0.05) is 0 Å². The van der Waals surface area contributed by atoms with Crippen LogP contribution in [0.2, 0.25) is 0 Å². The van der Waals surface area contributed by atoms with Crippen LogP contribution in [0.25, 0.3) is 0 Å². The third-order valence-corrected chi connectivity index (χ3v) is 1.20. The van der Waals surface area contributed by atoms with Crippen molar-refractivity contribution >= 4 is 0 Å². The molecule has 0 saturated heterocycles. The van der Waals surface area contributed by atoms with Crippen LogP contribution in [0.4, 0.5) is 0 Å². The van der Waals surface area contributed by atoms with Gasteiger partial charge in [-0.25, -0.2) is 0 Å². The van der Waals surface area contributed by atoms with E-state index >= 15 is 0 Å². The lowest BCUT2D eigenvalue weighted by atomic mass is 10.4. The number of hydroxylamine groups is 2. The first-order chi connectivity index (χ1) is 6.35. The van der Waals surface area contributed by atoms with Crippen LogP contribution in [0, 0.1) is 0 Å². The van der Waals surface area contributed by atoms with Crippen molar-refractivity contribution in [1.82, 2.24) is 5.23 Å². The molecule has 6 nitrogen and oxygen atoms in total. The molecular weight excluding hydrogens is 176 g/mol. The number of nitrogens with two attached hydrogens (primary N) is 1. The van der Waals surface area contributed by atoms with Crippen LogP contribution in [0.3, 0.4) is 0 Å². The molecule has 0 aromatic carbocycles. The van der Waals surface area contributed by atoms with Crippen molar-refractivity contribution < 1.29 is 19.9 Å². The van der Waals surface area contributed by atoms with E-state index in [1.807, 2.05) is 0 Å². The maximum absolute atomic E-state index is 8.48. The van der Waals surface area contributed by atoms with Gasteiger partial charge in [0.1, 0.15) is 0 Å². The summed E-state index contributed by atoms with van der Waals surface area (Å²) in [6.07, 6.45) is 0.733. The van der Waals surface area contributed by atoms with E-state index in [9.17, 15) is 0 Å². The molecule has 0 saturated carbocycles. The normalized spacial score (nSPS) is 11.1. The Bertz CT molecular complexity index is 85.5. The molecule has 0 rings (SSSR count).